The van der Waals surface area contributed by atoms with Crippen molar-refractivity contribution in [3.8, 4) is 0 Å². The van der Waals surface area contributed by atoms with Crippen molar-refractivity contribution >= 4 is 17.5 Å². The van der Waals surface area contributed by atoms with Gasteiger partial charge in [0.15, 0.2) is 0 Å². The molecule has 2 rings (SSSR count). The van der Waals surface area contributed by atoms with Gasteiger partial charge in [0.2, 0.25) is 5.95 Å². The molecule has 6 heteroatoms. The Hall–Kier alpha value is -2.50. The lowest BCUT2D eigenvalue weighted by Crippen LogP contribution is -2.17. The molecule has 0 aliphatic heterocycles. The first-order valence-electron chi connectivity index (χ1n) is 6.95. The third-order valence-corrected chi connectivity index (χ3v) is 3.19. The quantitative estimate of drug-likeness (QED) is 0.839. The molecule has 1 heterocycles. The van der Waals surface area contributed by atoms with Crippen LogP contribution in [-0.4, -0.2) is 21.1 Å². The fourth-order valence-corrected chi connectivity index (χ4v) is 2.05. The zero-order valence-electron chi connectivity index (χ0n) is 12.5. The van der Waals surface area contributed by atoms with Gasteiger partial charge in [0.05, 0.1) is 17.0 Å². The Morgan fingerprint density at radius 1 is 1.19 bits per heavy atom. The van der Waals surface area contributed by atoms with Gasteiger partial charge in [-0.25, -0.2) is 4.98 Å². The van der Waals surface area contributed by atoms with Gasteiger partial charge in [-0.05, 0) is 37.5 Å². The van der Waals surface area contributed by atoms with Gasteiger partial charge in [-0.1, -0.05) is 19.9 Å². The summed E-state index contributed by atoms with van der Waals surface area (Å²) < 4.78 is 0. The van der Waals surface area contributed by atoms with Gasteiger partial charge in [-0.15, -0.1) is 10.2 Å². The summed E-state index contributed by atoms with van der Waals surface area (Å²) in [7, 11) is 0. The van der Waals surface area contributed by atoms with Crippen LogP contribution >= 0.6 is 0 Å². The Morgan fingerprint density at radius 2 is 1.90 bits per heavy atom. The van der Waals surface area contributed by atoms with Crippen LogP contribution in [0.1, 0.15) is 41.2 Å². The molecule has 21 heavy (non-hydrogen) atoms. The topological polar surface area (TPSA) is 93.8 Å². The first kappa shape index (κ1) is 14.9. The Kier molecular flexibility index (Phi) is 4.47. The van der Waals surface area contributed by atoms with Crippen LogP contribution < -0.4 is 11.1 Å². The lowest BCUT2D eigenvalue weighted by molar-refractivity contribution is 0.102. The summed E-state index contributed by atoms with van der Waals surface area (Å²) in [5, 5.41) is 10.7. The van der Waals surface area contributed by atoms with Gasteiger partial charge in [0.25, 0.3) is 5.91 Å². The molecule has 0 atom stereocenters. The van der Waals surface area contributed by atoms with Crippen LogP contribution in [0.15, 0.2) is 18.2 Å². The Bertz CT molecular complexity index is 669. The number of hydrogen-bond acceptors (Lipinski definition) is 5. The SMILES string of the molecule is CCc1nnc(NC(=O)c2ccc(C)cc2N)nc1CC. The average Bonchev–Trinajstić information content (AvgIpc) is 2.46. The molecule has 0 aliphatic rings. The predicted octanol–water partition coefficient (Wildman–Crippen LogP) is 2.14. The number of hydrogen-bond donors (Lipinski definition) is 2. The first-order chi connectivity index (χ1) is 10.0. The molecule has 0 aliphatic carbocycles. The second-order valence-corrected chi connectivity index (χ2v) is 4.78. The Balaban J connectivity index is 2.23. The van der Waals surface area contributed by atoms with Crippen molar-refractivity contribution in [2.45, 2.75) is 33.6 Å². The molecule has 0 saturated heterocycles. The van der Waals surface area contributed by atoms with Gasteiger partial charge < -0.3 is 5.73 Å². The third-order valence-electron chi connectivity index (χ3n) is 3.19. The van der Waals surface area contributed by atoms with E-state index in [-0.39, 0.29) is 11.9 Å². The van der Waals surface area contributed by atoms with Gasteiger partial charge in [-0.2, -0.15) is 0 Å². The molecule has 0 unspecified atom stereocenters. The van der Waals surface area contributed by atoms with Crippen molar-refractivity contribution in [3.63, 3.8) is 0 Å². The summed E-state index contributed by atoms with van der Waals surface area (Å²) in [6.07, 6.45) is 1.51. The fraction of sp³-hybridized carbons (Fsp3) is 0.333. The molecule has 110 valence electrons. The second-order valence-electron chi connectivity index (χ2n) is 4.78. The molecule has 3 N–H and O–H groups in total. The van der Waals surface area contributed by atoms with E-state index in [0.29, 0.717) is 11.3 Å². The van der Waals surface area contributed by atoms with Crippen LogP contribution in [-0.2, 0) is 12.8 Å². The van der Waals surface area contributed by atoms with E-state index < -0.39 is 0 Å². The smallest absolute Gasteiger partial charge is 0.260 e. The third kappa shape index (κ3) is 3.34. The van der Waals surface area contributed by atoms with Crippen LogP contribution in [0.2, 0.25) is 0 Å². The van der Waals surface area contributed by atoms with Crippen molar-refractivity contribution in [1.29, 1.82) is 0 Å². The minimum Gasteiger partial charge on any atom is -0.398 e. The van der Waals surface area contributed by atoms with E-state index in [1.165, 1.54) is 0 Å². The number of rotatable bonds is 4. The number of amides is 1. The Morgan fingerprint density at radius 3 is 2.52 bits per heavy atom. The second kappa shape index (κ2) is 6.30. The van der Waals surface area contributed by atoms with Crippen molar-refractivity contribution in [2.24, 2.45) is 0 Å². The molecule has 1 aromatic heterocycles. The molecule has 0 fully saturated rings. The number of carbonyl (C=O) groups is 1. The lowest BCUT2D eigenvalue weighted by atomic mass is 10.1. The lowest BCUT2D eigenvalue weighted by Gasteiger charge is -2.08. The summed E-state index contributed by atoms with van der Waals surface area (Å²) >= 11 is 0. The molecule has 0 saturated carbocycles. The maximum Gasteiger partial charge on any atom is 0.260 e. The number of anilines is 2. The maximum atomic E-state index is 12.2. The summed E-state index contributed by atoms with van der Waals surface area (Å²) in [6.45, 7) is 5.91. The normalized spacial score (nSPS) is 10.4. The first-order valence-corrected chi connectivity index (χ1v) is 6.95. The monoisotopic (exact) mass is 285 g/mol. The number of nitrogens with two attached hydrogens (primary N) is 1. The molecular formula is C15H19N5O. The zero-order valence-corrected chi connectivity index (χ0v) is 12.5. The fourth-order valence-electron chi connectivity index (χ4n) is 2.05. The number of nitrogens with one attached hydrogen (secondary N) is 1. The standard InChI is InChI=1S/C15H19N5O/c1-4-12-13(5-2)19-20-15(17-12)18-14(21)10-7-6-9(3)8-11(10)16/h6-8H,4-5,16H2,1-3H3,(H,17,18,20,21). The molecule has 0 bridgehead atoms. The predicted molar refractivity (Wildman–Crippen MR) is 82.1 cm³/mol. The van der Waals surface area contributed by atoms with E-state index in [2.05, 4.69) is 20.5 Å². The van der Waals surface area contributed by atoms with Crippen LogP contribution in [0, 0.1) is 6.92 Å². The van der Waals surface area contributed by atoms with Crippen molar-refractivity contribution < 1.29 is 4.79 Å². The Labute approximate surface area is 123 Å². The van der Waals surface area contributed by atoms with Crippen LogP contribution in [0.4, 0.5) is 11.6 Å². The highest BCUT2D eigenvalue weighted by molar-refractivity contribution is 6.06. The summed E-state index contributed by atoms with van der Waals surface area (Å²) in [5.74, 6) is -0.130. The molecule has 0 radical (unpaired) electrons. The molecule has 2 aromatic rings. The van der Waals surface area contributed by atoms with Gasteiger partial charge in [-0.3, -0.25) is 10.1 Å². The van der Waals surface area contributed by atoms with Gasteiger partial charge in [0, 0.05) is 5.69 Å². The van der Waals surface area contributed by atoms with Crippen molar-refractivity contribution in [3.05, 3.63) is 40.7 Å². The number of benzene rings is 1. The largest absolute Gasteiger partial charge is 0.398 e. The molecular weight excluding hydrogens is 266 g/mol. The average molecular weight is 285 g/mol. The van der Waals surface area contributed by atoms with Crippen LogP contribution in [0.25, 0.3) is 0 Å². The van der Waals surface area contributed by atoms with Gasteiger partial charge in [0.1, 0.15) is 0 Å². The molecule has 1 amide bonds. The minimum atomic E-state index is -0.333. The number of carbonyl (C=O) groups excluding carboxylic acids is 1. The number of nitrogens with zero attached hydrogens (tertiary/aromatic N) is 3. The van der Waals surface area contributed by atoms with Crippen molar-refractivity contribution in [2.75, 3.05) is 11.1 Å². The molecule has 0 spiro atoms. The minimum absolute atomic E-state index is 0.203. The highest BCUT2D eigenvalue weighted by Crippen LogP contribution is 2.15. The molecule has 6 nitrogen and oxygen atoms in total. The van der Waals surface area contributed by atoms with E-state index in [1.807, 2.05) is 26.8 Å². The maximum absolute atomic E-state index is 12.2. The van der Waals surface area contributed by atoms with E-state index in [0.717, 1.165) is 29.8 Å². The summed E-state index contributed by atoms with van der Waals surface area (Å²) in [5.41, 5.74) is 9.40. The molecule has 1 aromatic carbocycles. The highest BCUT2D eigenvalue weighted by atomic mass is 16.1. The summed E-state index contributed by atoms with van der Waals surface area (Å²) in [4.78, 5) is 16.5. The summed E-state index contributed by atoms with van der Waals surface area (Å²) in [6, 6.07) is 5.28. The number of aryl methyl sites for hydroxylation is 3. The zero-order chi connectivity index (χ0) is 15.4. The van der Waals surface area contributed by atoms with Crippen molar-refractivity contribution in [1.82, 2.24) is 15.2 Å². The van der Waals surface area contributed by atoms with Gasteiger partial charge >= 0.3 is 0 Å². The van der Waals surface area contributed by atoms with E-state index in [9.17, 15) is 4.79 Å². The van der Waals surface area contributed by atoms with E-state index in [1.54, 1.807) is 12.1 Å². The van der Waals surface area contributed by atoms with Crippen LogP contribution in [0.5, 0.6) is 0 Å². The van der Waals surface area contributed by atoms with Crippen LogP contribution in [0.3, 0.4) is 0 Å². The highest BCUT2D eigenvalue weighted by Gasteiger charge is 2.13. The number of nitrogen functional groups attached to an aromatic ring is 1. The number of aromatic nitrogens is 3. The van der Waals surface area contributed by atoms with E-state index in [4.69, 9.17) is 5.73 Å². The van der Waals surface area contributed by atoms with E-state index >= 15 is 0 Å².